The van der Waals surface area contributed by atoms with Crippen molar-refractivity contribution in [3.8, 4) is 11.5 Å². The molecule has 1 fully saturated rings. The third-order valence-electron chi connectivity index (χ3n) is 5.11. The average Bonchev–Trinajstić information content (AvgIpc) is 3.11. The molecule has 0 bridgehead atoms. The zero-order chi connectivity index (χ0) is 21.8. The summed E-state index contributed by atoms with van der Waals surface area (Å²) in [5, 5.41) is 1.01. The maximum absolute atomic E-state index is 13.0. The van der Waals surface area contributed by atoms with E-state index < -0.39 is 0 Å². The van der Waals surface area contributed by atoms with Gasteiger partial charge >= 0.3 is 0 Å². The molecule has 1 aromatic heterocycles. The molecular formula is C22H29N3O4S. The third-order valence-corrected chi connectivity index (χ3v) is 6.28. The second kappa shape index (κ2) is 9.47. The second-order valence-corrected chi connectivity index (χ2v) is 8.85. The summed E-state index contributed by atoms with van der Waals surface area (Å²) in [5.74, 6) is 1.53. The van der Waals surface area contributed by atoms with Crippen LogP contribution in [0.1, 0.15) is 44.6 Å². The highest BCUT2D eigenvalue weighted by molar-refractivity contribution is 7.13. The number of amides is 2. The number of hydrogen-bond acceptors (Lipinski definition) is 6. The molecule has 3 rings (SSSR count). The van der Waals surface area contributed by atoms with E-state index in [-0.39, 0.29) is 11.8 Å². The predicted molar refractivity (Wildman–Crippen MR) is 117 cm³/mol. The van der Waals surface area contributed by atoms with Crippen LogP contribution in [-0.4, -0.2) is 67.0 Å². The number of hydrogen-bond donors (Lipinski definition) is 0. The van der Waals surface area contributed by atoms with Crippen molar-refractivity contribution < 1.29 is 19.1 Å². The van der Waals surface area contributed by atoms with Gasteiger partial charge in [0, 0.05) is 38.7 Å². The van der Waals surface area contributed by atoms with E-state index in [1.807, 2.05) is 11.8 Å². The highest BCUT2D eigenvalue weighted by Gasteiger charge is 2.29. The van der Waals surface area contributed by atoms with Crippen LogP contribution in [0.5, 0.6) is 11.5 Å². The number of thiazole rings is 1. The Bertz CT molecular complexity index is 917. The molecule has 0 unspecified atom stereocenters. The van der Waals surface area contributed by atoms with Gasteiger partial charge in [-0.2, -0.15) is 0 Å². The highest BCUT2D eigenvalue weighted by atomic mass is 32.1. The summed E-state index contributed by atoms with van der Waals surface area (Å²) in [6.07, 6.45) is 0.880. The van der Waals surface area contributed by atoms with Crippen molar-refractivity contribution in [2.45, 2.75) is 27.2 Å². The van der Waals surface area contributed by atoms with Crippen LogP contribution in [-0.2, 0) is 6.42 Å². The molecule has 1 aliphatic rings. The number of rotatable bonds is 6. The molecule has 8 heteroatoms. The summed E-state index contributed by atoms with van der Waals surface area (Å²) >= 11 is 1.49. The van der Waals surface area contributed by atoms with Crippen LogP contribution >= 0.6 is 11.3 Å². The zero-order valence-electron chi connectivity index (χ0n) is 18.2. The van der Waals surface area contributed by atoms with E-state index in [1.54, 1.807) is 30.2 Å². The summed E-state index contributed by atoms with van der Waals surface area (Å²) in [6.45, 7) is 8.15. The van der Waals surface area contributed by atoms with E-state index in [1.165, 1.54) is 18.4 Å². The first-order valence-corrected chi connectivity index (χ1v) is 10.9. The molecule has 2 aromatic rings. The lowest BCUT2D eigenvalue weighted by Gasteiger charge is -2.34. The lowest BCUT2D eigenvalue weighted by Crippen LogP contribution is -2.50. The van der Waals surface area contributed by atoms with Gasteiger partial charge in [0.2, 0.25) is 0 Å². The van der Waals surface area contributed by atoms with Crippen LogP contribution in [0.3, 0.4) is 0 Å². The van der Waals surface area contributed by atoms with E-state index in [0.29, 0.717) is 54.0 Å². The molecule has 2 heterocycles. The number of methoxy groups -OCH3 is 2. The molecule has 0 aliphatic carbocycles. The van der Waals surface area contributed by atoms with Crippen molar-refractivity contribution in [2.24, 2.45) is 5.92 Å². The Morgan fingerprint density at radius 3 is 2.27 bits per heavy atom. The molecule has 0 atom stereocenters. The maximum Gasteiger partial charge on any atom is 0.265 e. The van der Waals surface area contributed by atoms with Crippen LogP contribution in [0.4, 0.5) is 0 Å². The minimum atomic E-state index is -0.102. The second-order valence-electron chi connectivity index (χ2n) is 7.77. The lowest BCUT2D eigenvalue weighted by atomic mass is 10.1. The lowest BCUT2D eigenvalue weighted by molar-refractivity contribution is 0.0535. The maximum atomic E-state index is 13.0. The van der Waals surface area contributed by atoms with E-state index in [0.717, 1.165) is 17.1 Å². The number of ether oxygens (including phenoxy) is 2. The van der Waals surface area contributed by atoms with Crippen molar-refractivity contribution in [2.75, 3.05) is 40.4 Å². The fourth-order valence-corrected chi connectivity index (χ4v) is 4.73. The molecule has 0 N–H and O–H groups in total. The Hall–Kier alpha value is -2.61. The van der Waals surface area contributed by atoms with Gasteiger partial charge in [-0.25, -0.2) is 4.98 Å². The largest absolute Gasteiger partial charge is 0.497 e. The summed E-state index contributed by atoms with van der Waals surface area (Å²) in [5.41, 5.74) is 1.29. The van der Waals surface area contributed by atoms with E-state index >= 15 is 0 Å². The smallest absolute Gasteiger partial charge is 0.265 e. The third kappa shape index (κ3) is 4.75. The zero-order valence-corrected chi connectivity index (χ0v) is 19.0. The van der Waals surface area contributed by atoms with Crippen LogP contribution in [0.25, 0.3) is 0 Å². The van der Waals surface area contributed by atoms with Crippen molar-refractivity contribution >= 4 is 23.2 Å². The van der Waals surface area contributed by atoms with Gasteiger partial charge < -0.3 is 19.3 Å². The molecule has 1 aliphatic heterocycles. The topological polar surface area (TPSA) is 72.0 Å². The van der Waals surface area contributed by atoms with Crippen molar-refractivity contribution in [3.63, 3.8) is 0 Å². The van der Waals surface area contributed by atoms with Crippen LogP contribution in [0, 0.1) is 12.8 Å². The number of aryl methyl sites for hydroxylation is 1. The Labute approximate surface area is 181 Å². The Morgan fingerprint density at radius 2 is 1.70 bits per heavy atom. The number of benzene rings is 1. The van der Waals surface area contributed by atoms with Gasteiger partial charge in [-0.05, 0) is 25.0 Å². The first-order valence-electron chi connectivity index (χ1n) is 10.1. The first kappa shape index (κ1) is 22.1. The minimum absolute atomic E-state index is 0.00846. The number of carbonyl (C=O) groups is 2. The summed E-state index contributed by atoms with van der Waals surface area (Å²) in [6, 6.07) is 5.17. The standard InChI is InChI=1S/C22H29N3O4S/c1-14(2)12-19-23-15(3)20(30-19)22(27)25-10-8-24(9-11-25)21(26)17-7-6-16(28-4)13-18(17)29-5/h6-7,13-14H,8-12H2,1-5H3. The van der Waals surface area contributed by atoms with Gasteiger partial charge in [0.15, 0.2) is 0 Å². The van der Waals surface area contributed by atoms with Crippen molar-refractivity contribution in [3.05, 3.63) is 39.3 Å². The van der Waals surface area contributed by atoms with Gasteiger partial charge in [-0.15, -0.1) is 11.3 Å². The van der Waals surface area contributed by atoms with E-state index in [2.05, 4.69) is 18.8 Å². The Morgan fingerprint density at radius 1 is 1.07 bits per heavy atom. The van der Waals surface area contributed by atoms with Gasteiger partial charge in [0.1, 0.15) is 16.4 Å². The fraction of sp³-hybridized carbons (Fsp3) is 0.500. The molecule has 2 amide bonds. The SMILES string of the molecule is COc1ccc(C(=O)N2CCN(C(=O)c3sc(CC(C)C)nc3C)CC2)c(OC)c1. The van der Waals surface area contributed by atoms with E-state index in [9.17, 15) is 9.59 Å². The molecule has 30 heavy (non-hydrogen) atoms. The normalized spacial score (nSPS) is 14.2. The number of piperazine rings is 1. The summed E-state index contributed by atoms with van der Waals surface area (Å²) < 4.78 is 10.6. The van der Waals surface area contributed by atoms with Crippen molar-refractivity contribution in [1.29, 1.82) is 0 Å². The molecule has 7 nitrogen and oxygen atoms in total. The Kier molecular flexibility index (Phi) is 6.97. The number of nitrogens with zero attached hydrogens (tertiary/aromatic N) is 3. The van der Waals surface area contributed by atoms with Crippen LogP contribution < -0.4 is 9.47 Å². The summed E-state index contributed by atoms with van der Waals surface area (Å²) in [7, 11) is 3.11. The summed E-state index contributed by atoms with van der Waals surface area (Å²) in [4.78, 5) is 34.8. The van der Waals surface area contributed by atoms with Crippen LogP contribution in [0.15, 0.2) is 18.2 Å². The monoisotopic (exact) mass is 431 g/mol. The quantitative estimate of drug-likeness (QED) is 0.702. The van der Waals surface area contributed by atoms with Gasteiger partial charge in [-0.1, -0.05) is 13.8 Å². The molecule has 0 saturated carbocycles. The number of aromatic nitrogens is 1. The minimum Gasteiger partial charge on any atom is -0.497 e. The molecule has 0 spiro atoms. The fourth-order valence-electron chi connectivity index (χ4n) is 3.49. The molecule has 0 radical (unpaired) electrons. The number of carbonyl (C=O) groups excluding carboxylic acids is 2. The van der Waals surface area contributed by atoms with Gasteiger partial charge in [0.25, 0.3) is 11.8 Å². The first-order chi connectivity index (χ1) is 14.3. The Balaban J connectivity index is 1.65. The van der Waals surface area contributed by atoms with E-state index in [4.69, 9.17) is 9.47 Å². The molecule has 1 saturated heterocycles. The average molecular weight is 432 g/mol. The molecule has 1 aromatic carbocycles. The highest BCUT2D eigenvalue weighted by Crippen LogP contribution is 2.27. The van der Waals surface area contributed by atoms with Crippen molar-refractivity contribution in [1.82, 2.24) is 14.8 Å². The molecule has 162 valence electrons. The van der Waals surface area contributed by atoms with Gasteiger partial charge in [0.05, 0.1) is 30.5 Å². The predicted octanol–water partition coefficient (Wildman–Crippen LogP) is 3.27. The van der Waals surface area contributed by atoms with Crippen LogP contribution in [0.2, 0.25) is 0 Å². The molecular weight excluding hydrogens is 402 g/mol. The van der Waals surface area contributed by atoms with Gasteiger partial charge in [-0.3, -0.25) is 9.59 Å².